The molecule has 0 aliphatic rings. The predicted molar refractivity (Wildman–Crippen MR) is 82.2 cm³/mol. The van der Waals surface area contributed by atoms with Crippen molar-refractivity contribution in [3.05, 3.63) is 53.9 Å². The van der Waals surface area contributed by atoms with Crippen LogP contribution in [0.15, 0.2) is 42.7 Å². The molecule has 1 heterocycles. The average Bonchev–Trinajstić information content (AvgIpc) is 2.56. The first-order chi connectivity index (χ1) is 10.3. The lowest BCUT2D eigenvalue weighted by molar-refractivity contribution is 0.390. The number of hydrogen-bond acceptors (Lipinski definition) is 5. The number of pyridine rings is 1. The number of hydrogen-bond donors (Lipinski definition) is 2. The van der Waals surface area contributed by atoms with Crippen molar-refractivity contribution in [3.63, 3.8) is 0 Å². The van der Waals surface area contributed by atoms with Gasteiger partial charge in [-0.15, -0.1) is 0 Å². The van der Waals surface area contributed by atoms with E-state index in [-0.39, 0.29) is 6.04 Å². The molecule has 0 spiro atoms. The number of rotatable bonds is 7. The van der Waals surface area contributed by atoms with Gasteiger partial charge in [-0.05, 0) is 42.2 Å². The van der Waals surface area contributed by atoms with E-state index in [1.54, 1.807) is 20.4 Å². The van der Waals surface area contributed by atoms with E-state index in [2.05, 4.69) is 16.5 Å². The van der Waals surface area contributed by atoms with Crippen molar-refractivity contribution in [2.24, 2.45) is 5.84 Å². The summed E-state index contributed by atoms with van der Waals surface area (Å²) < 4.78 is 10.6. The lowest BCUT2D eigenvalue weighted by atomic mass is 9.99. The van der Waals surface area contributed by atoms with Crippen molar-refractivity contribution in [1.29, 1.82) is 0 Å². The molecule has 3 N–H and O–H groups in total. The van der Waals surface area contributed by atoms with Crippen LogP contribution in [0.1, 0.15) is 23.6 Å². The van der Waals surface area contributed by atoms with Crippen molar-refractivity contribution in [1.82, 2.24) is 10.4 Å². The maximum Gasteiger partial charge on any atom is 0.122 e. The highest BCUT2D eigenvalue weighted by molar-refractivity contribution is 5.39. The fourth-order valence-electron chi connectivity index (χ4n) is 2.23. The second-order valence-electron chi connectivity index (χ2n) is 4.77. The SMILES string of the molecule is COc1cc(OC)cc(C(CCc2cccnc2)NN)c1. The monoisotopic (exact) mass is 287 g/mol. The molecule has 1 unspecified atom stereocenters. The van der Waals surface area contributed by atoms with Gasteiger partial charge >= 0.3 is 0 Å². The van der Waals surface area contributed by atoms with Gasteiger partial charge in [0.1, 0.15) is 11.5 Å². The van der Waals surface area contributed by atoms with Crippen molar-refractivity contribution in [2.45, 2.75) is 18.9 Å². The van der Waals surface area contributed by atoms with E-state index in [0.717, 1.165) is 29.9 Å². The molecular formula is C16H21N3O2. The van der Waals surface area contributed by atoms with Crippen LogP contribution in [0.2, 0.25) is 0 Å². The van der Waals surface area contributed by atoms with E-state index < -0.39 is 0 Å². The fraction of sp³-hybridized carbons (Fsp3) is 0.312. The van der Waals surface area contributed by atoms with Crippen LogP contribution < -0.4 is 20.7 Å². The van der Waals surface area contributed by atoms with Gasteiger partial charge in [0, 0.05) is 24.5 Å². The molecule has 21 heavy (non-hydrogen) atoms. The average molecular weight is 287 g/mol. The van der Waals surface area contributed by atoms with E-state index in [9.17, 15) is 0 Å². The smallest absolute Gasteiger partial charge is 0.122 e. The molecule has 5 nitrogen and oxygen atoms in total. The van der Waals surface area contributed by atoms with E-state index in [4.69, 9.17) is 15.3 Å². The molecule has 0 saturated heterocycles. The van der Waals surface area contributed by atoms with Gasteiger partial charge in [0.25, 0.3) is 0 Å². The Morgan fingerprint density at radius 1 is 1.19 bits per heavy atom. The minimum absolute atomic E-state index is 0.0224. The van der Waals surface area contributed by atoms with Crippen molar-refractivity contribution < 1.29 is 9.47 Å². The molecular weight excluding hydrogens is 266 g/mol. The summed E-state index contributed by atoms with van der Waals surface area (Å²) in [6.45, 7) is 0. The van der Waals surface area contributed by atoms with Gasteiger partial charge in [-0.3, -0.25) is 16.3 Å². The van der Waals surface area contributed by atoms with Crippen LogP contribution in [0.4, 0.5) is 0 Å². The molecule has 112 valence electrons. The highest BCUT2D eigenvalue weighted by Gasteiger charge is 2.13. The molecule has 2 rings (SSSR count). The summed E-state index contributed by atoms with van der Waals surface area (Å²) in [5, 5.41) is 0. The highest BCUT2D eigenvalue weighted by atomic mass is 16.5. The quantitative estimate of drug-likeness (QED) is 0.604. The Bertz CT molecular complexity index is 538. The third-order valence-corrected chi connectivity index (χ3v) is 3.42. The molecule has 0 amide bonds. The number of aryl methyl sites for hydroxylation is 1. The Kier molecular flexibility index (Phi) is 5.54. The molecule has 0 fully saturated rings. The third kappa shape index (κ3) is 4.18. The first-order valence-electron chi connectivity index (χ1n) is 6.85. The maximum absolute atomic E-state index is 5.70. The summed E-state index contributed by atoms with van der Waals surface area (Å²) in [4.78, 5) is 4.12. The number of nitrogens with two attached hydrogens (primary N) is 1. The highest BCUT2D eigenvalue weighted by Crippen LogP contribution is 2.28. The lowest BCUT2D eigenvalue weighted by Crippen LogP contribution is -2.28. The van der Waals surface area contributed by atoms with Gasteiger partial charge in [0.05, 0.1) is 14.2 Å². The van der Waals surface area contributed by atoms with Crippen LogP contribution in [0.25, 0.3) is 0 Å². The van der Waals surface area contributed by atoms with E-state index in [1.165, 1.54) is 5.56 Å². The fourth-order valence-corrected chi connectivity index (χ4v) is 2.23. The molecule has 0 aliphatic carbocycles. The Labute approximate surface area is 125 Å². The topological polar surface area (TPSA) is 69.4 Å². The molecule has 2 aromatic rings. The molecule has 0 radical (unpaired) electrons. The van der Waals surface area contributed by atoms with Crippen LogP contribution in [0.3, 0.4) is 0 Å². The van der Waals surface area contributed by atoms with Gasteiger partial charge in [-0.2, -0.15) is 0 Å². The predicted octanol–water partition coefficient (Wildman–Crippen LogP) is 2.24. The number of aromatic nitrogens is 1. The summed E-state index contributed by atoms with van der Waals surface area (Å²) >= 11 is 0. The Morgan fingerprint density at radius 3 is 2.43 bits per heavy atom. The number of hydrazine groups is 1. The molecule has 0 bridgehead atoms. The number of methoxy groups -OCH3 is 2. The molecule has 5 heteroatoms. The van der Waals surface area contributed by atoms with Crippen LogP contribution >= 0.6 is 0 Å². The molecule has 0 aliphatic heterocycles. The maximum atomic E-state index is 5.70. The van der Waals surface area contributed by atoms with Crippen molar-refractivity contribution in [2.75, 3.05) is 14.2 Å². The Balaban J connectivity index is 2.13. The Hall–Kier alpha value is -2.11. The number of benzene rings is 1. The minimum atomic E-state index is 0.0224. The first kappa shape index (κ1) is 15.3. The zero-order valence-electron chi connectivity index (χ0n) is 12.4. The van der Waals surface area contributed by atoms with E-state index in [1.807, 2.05) is 30.5 Å². The largest absolute Gasteiger partial charge is 0.497 e. The van der Waals surface area contributed by atoms with Crippen molar-refractivity contribution in [3.8, 4) is 11.5 Å². The minimum Gasteiger partial charge on any atom is -0.497 e. The molecule has 1 atom stereocenters. The van der Waals surface area contributed by atoms with Gasteiger partial charge in [0.2, 0.25) is 0 Å². The van der Waals surface area contributed by atoms with Gasteiger partial charge in [-0.25, -0.2) is 0 Å². The number of nitrogens with zero attached hydrogens (tertiary/aromatic N) is 1. The molecule has 0 saturated carbocycles. The van der Waals surface area contributed by atoms with Crippen LogP contribution in [-0.2, 0) is 6.42 Å². The standard InChI is InChI=1S/C16H21N3O2/c1-20-14-8-13(9-15(10-14)21-2)16(19-17)6-5-12-4-3-7-18-11-12/h3-4,7-11,16,19H,5-6,17H2,1-2H3. The summed E-state index contributed by atoms with van der Waals surface area (Å²) in [5.41, 5.74) is 5.09. The molecule has 1 aromatic heterocycles. The third-order valence-electron chi connectivity index (χ3n) is 3.42. The van der Waals surface area contributed by atoms with Crippen LogP contribution in [-0.4, -0.2) is 19.2 Å². The normalized spacial score (nSPS) is 12.0. The molecule has 1 aromatic carbocycles. The van der Waals surface area contributed by atoms with Crippen LogP contribution in [0, 0.1) is 0 Å². The lowest BCUT2D eigenvalue weighted by Gasteiger charge is -2.18. The van der Waals surface area contributed by atoms with Gasteiger partial charge < -0.3 is 9.47 Å². The van der Waals surface area contributed by atoms with Crippen molar-refractivity contribution >= 4 is 0 Å². The Morgan fingerprint density at radius 2 is 1.90 bits per heavy atom. The second kappa shape index (κ2) is 7.61. The van der Waals surface area contributed by atoms with Gasteiger partial charge in [-0.1, -0.05) is 6.07 Å². The zero-order chi connectivity index (χ0) is 15.1. The second-order valence-corrected chi connectivity index (χ2v) is 4.77. The first-order valence-corrected chi connectivity index (χ1v) is 6.85. The van der Waals surface area contributed by atoms with Crippen LogP contribution in [0.5, 0.6) is 11.5 Å². The van der Waals surface area contributed by atoms with Gasteiger partial charge in [0.15, 0.2) is 0 Å². The summed E-state index contributed by atoms with van der Waals surface area (Å²) in [7, 11) is 3.28. The number of nitrogens with one attached hydrogen (secondary N) is 1. The summed E-state index contributed by atoms with van der Waals surface area (Å²) in [5.74, 6) is 7.22. The summed E-state index contributed by atoms with van der Waals surface area (Å²) in [6.07, 6.45) is 5.40. The number of ether oxygens (including phenoxy) is 2. The van der Waals surface area contributed by atoms with E-state index >= 15 is 0 Å². The zero-order valence-corrected chi connectivity index (χ0v) is 12.4. The van der Waals surface area contributed by atoms with E-state index in [0.29, 0.717) is 0 Å². The summed E-state index contributed by atoms with van der Waals surface area (Å²) in [6, 6.07) is 9.81.